The summed E-state index contributed by atoms with van der Waals surface area (Å²) in [5, 5.41) is 13.0. The number of rotatable bonds is 6. The maximum atomic E-state index is 11.9. The van der Waals surface area contributed by atoms with E-state index in [9.17, 15) is 9.59 Å². The van der Waals surface area contributed by atoms with E-state index in [0.717, 1.165) is 13.1 Å². The predicted octanol–water partition coefficient (Wildman–Crippen LogP) is 1.33. The standard InChI is InChI=1S/C14H16N4O2S2/c19-12(16-7-9-5-15-6-9)4-10-8-22-14(17-10)18-13(20)11-2-1-3-21-11/h1-3,8-9,15H,4-7H2,(H,16,19)(H,17,18,20). The largest absolute Gasteiger partial charge is 0.355 e. The smallest absolute Gasteiger partial charge is 0.267 e. The molecule has 1 aliphatic rings. The van der Waals surface area contributed by atoms with Crippen LogP contribution in [0, 0.1) is 5.92 Å². The zero-order chi connectivity index (χ0) is 15.4. The topological polar surface area (TPSA) is 83.1 Å². The van der Waals surface area contributed by atoms with E-state index in [2.05, 4.69) is 20.9 Å². The number of nitrogens with one attached hydrogen (secondary N) is 3. The lowest BCUT2D eigenvalue weighted by molar-refractivity contribution is -0.120. The zero-order valence-electron chi connectivity index (χ0n) is 11.8. The minimum atomic E-state index is -0.169. The molecule has 22 heavy (non-hydrogen) atoms. The number of thiazole rings is 1. The Morgan fingerprint density at radius 2 is 2.23 bits per heavy atom. The number of aromatic nitrogens is 1. The number of carbonyl (C=O) groups is 2. The SMILES string of the molecule is O=C(Cc1csc(NC(=O)c2cccs2)n1)NCC1CNC1. The summed E-state index contributed by atoms with van der Waals surface area (Å²) >= 11 is 2.71. The van der Waals surface area contributed by atoms with Crippen LogP contribution in [0.1, 0.15) is 15.4 Å². The van der Waals surface area contributed by atoms with Crippen LogP contribution in [-0.2, 0) is 11.2 Å². The highest BCUT2D eigenvalue weighted by molar-refractivity contribution is 7.14. The number of thiophene rings is 1. The Hall–Kier alpha value is -1.77. The van der Waals surface area contributed by atoms with E-state index < -0.39 is 0 Å². The average Bonchev–Trinajstić information content (AvgIpc) is 3.08. The first-order valence-electron chi connectivity index (χ1n) is 6.97. The molecule has 2 amide bonds. The third-order valence-corrected chi connectivity index (χ3v) is 4.99. The fourth-order valence-corrected chi connectivity index (χ4v) is 3.31. The molecule has 0 spiro atoms. The molecule has 0 saturated carbocycles. The van der Waals surface area contributed by atoms with Gasteiger partial charge in [-0.1, -0.05) is 6.07 Å². The molecule has 0 unspecified atom stereocenters. The van der Waals surface area contributed by atoms with Crippen molar-refractivity contribution in [2.75, 3.05) is 25.0 Å². The summed E-state index contributed by atoms with van der Waals surface area (Å²) in [7, 11) is 0. The van der Waals surface area contributed by atoms with Crippen molar-refractivity contribution in [1.82, 2.24) is 15.6 Å². The number of hydrogen-bond acceptors (Lipinski definition) is 6. The van der Waals surface area contributed by atoms with Gasteiger partial charge in [0.1, 0.15) is 0 Å². The van der Waals surface area contributed by atoms with Crippen molar-refractivity contribution in [3.63, 3.8) is 0 Å². The lowest BCUT2D eigenvalue weighted by Crippen LogP contribution is -2.48. The highest BCUT2D eigenvalue weighted by atomic mass is 32.1. The van der Waals surface area contributed by atoms with E-state index in [1.807, 2.05) is 11.4 Å². The number of amides is 2. The molecule has 8 heteroatoms. The van der Waals surface area contributed by atoms with Gasteiger partial charge >= 0.3 is 0 Å². The van der Waals surface area contributed by atoms with Crippen LogP contribution in [0.4, 0.5) is 5.13 Å². The number of nitrogens with zero attached hydrogens (tertiary/aromatic N) is 1. The van der Waals surface area contributed by atoms with Crippen LogP contribution < -0.4 is 16.0 Å². The molecular weight excluding hydrogens is 320 g/mol. The van der Waals surface area contributed by atoms with Crippen molar-refractivity contribution in [2.24, 2.45) is 5.92 Å². The van der Waals surface area contributed by atoms with Crippen LogP contribution in [0.2, 0.25) is 0 Å². The Morgan fingerprint density at radius 3 is 2.91 bits per heavy atom. The molecule has 2 aromatic rings. The summed E-state index contributed by atoms with van der Waals surface area (Å²) < 4.78 is 0. The molecule has 0 aliphatic carbocycles. The van der Waals surface area contributed by atoms with Crippen molar-refractivity contribution < 1.29 is 9.59 Å². The first kappa shape index (κ1) is 15.1. The van der Waals surface area contributed by atoms with Crippen LogP contribution in [0.3, 0.4) is 0 Å². The minimum absolute atomic E-state index is 0.0340. The van der Waals surface area contributed by atoms with Gasteiger partial charge in [-0.15, -0.1) is 22.7 Å². The van der Waals surface area contributed by atoms with E-state index in [1.54, 1.807) is 11.4 Å². The van der Waals surface area contributed by atoms with Crippen LogP contribution in [0.5, 0.6) is 0 Å². The molecule has 1 saturated heterocycles. The second kappa shape index (κ2) is 6.99. The molecular formula is C14H16N4O2S2. The lowest BCUT2D eigenvalue weighted by Gasteiger charge is -2.26. The van der Waals surface area contributed by atoms with Gasteiger partial charge in [0.05, 0.1) is 17.0 Å². The van der Waals surface area contributed by atoms with Crippen molar-refractivity contribution in [1.29, 1.82) is 0 Å². The van der Waals surface area contributed by atoms with Gasteiger partial charge in [0, 0.05) is 30.9 Å². The normalized spacial score (nSPS) is 14.4. The molecule has 3 N–H and O–H groups in total. The quantitative estimate of drug-likeness (QED) is 0.743. The molecule has 3 rings (SSSR count). The third kappa shape index (κ3) is 3.90. The Labute approximate surface area is 136 Å². The summed E-state index contributed by atoms with van der Waals surface area (Å²) in [6, 6.07) is 3.59. The molecule has 1 aliphatic heterocycles. The van der Waals surface area contributed by atoms with E-state index in [-0.39, 0.29) is 18.2 Å². The summed E-state index contributed by atoms with van der Waals surface area (Å²) in [6.45, 7) is 2.64. The highest BCUT2D eigenvalue weighted by Crippen LogP contribution is 2.18. The molecule has 116 valence electrons. The van der Waals surface area contributed by atoms with Crippen LogP contribution in [-0.4, -0.2) is 36.4 Å². The average molecular weight is 336 g/mol. The first-order chi connectivity index (χ1) is 10.7. The summed E-state index contributed by atoms with van der Waals surface area (Å²) in [5.74, 6) is 0.339. The van der Waals surface area contributed by atoms with Gasteiger partial charge in [-0.05, 0) is 11.4 Å². The summed E-state index contributed by atoms with van der Waals surface area (Å²) in [6.07, 6.45) is 0.242. The van der Waals surface area contributed by atoms with Gasteiger partial charge in [0.25, 0.3) is 5.91 Å². The van der Waals surface area contributed by atoms with Gasteiger partial charge in [0.2, 0.25) is 5.91 Å². The maximum Gasteiger partial charge on any atom is 0.267 e. The molecule has 0 atom stereocenters. The fourth-order valence-electron chi connectivity index (χ4n) is 1.99. The van der Waals surface area contributed by atoms with Crippen molar-refractivity contribution in [2.45, 2.75) is 6.42 Å². The minimum Gasteiger partial charge on any atom is -0.355 e. The first-order valence-corrected chi connectivity index (χ1v) is 8.73. The third-order valence-electron chi connectivity index (χ3n) is 3.31. The van der Waals surface area contributed by atoms with Crippen LogP contribution >= 0.6 is 22.7 Å². The Morgan fingerprint density at radius 1 is 1.36 bits per heavy atom. The van der Waals surface area contributed by atoms with Crippen molar-refractivity contribution in [3.05, 3.63) is 33.5 Å². The number of carbonyl (C=O) groups excluding carboxylic acids is 2. The predicted molar refractivity (Wildman–Crippen MR) is 87.5 cm³/mol. The Balaban J connectivity index is 1.48. The molecule has 3 heterocycles. The van der Waals surface area contributed by atoms with Crippen molar-refractivity contribution >= 4 is 39.6 Å². The van der Waals surface area contributed by atoms with E-state index in [0.29, 0.717) is 28.2 Å². The summed E-state index contributed by atoms with van der Waals surface area (Å²) in [4.78, 5) is 28.6. The second-order valence-electron chi connectivity index (χ2n) is 5.08. The number of hydrogen-bond donors (Lipinski definition) is 3. The lowest BCUT2D eigenvalue weighted by atomic mass is 10.0. The molecule has 1 fully saturated rings. The van der Waals surface area contributed by atoms with Gasteiger partial charge < -0.3 is 10.6 Å². The summed E-state index contributed by atoms with van der Waals surface area (Å²) in [5.41, 5.74) is 0.677. The van der Waals surface area contributed by atoms with Crippen molar-refractivity contribution in [3.8, 4) is 0 Å². The van der Waals surface area contributed by atoms with E-state index in [1.165, 1.54) is 22.7 Å². The van der Waals surface area contributed by atoms with E-state index >= 15 is 0 Å². The monoisotopic (exact) mass is 336 g/mol. The van der Waals surface area contributed by atoms with Crippen LogP contribution in [0.25, 0.3) is 0 Å². The van der Waals surface area contributed by atoms with E-state index in [4.69, 9.17) is 0 Å². The van der Waals surface area contributed by atoms with Gasteiger partial charge in [-0.2, -0.15) is 0 Å². The number of anilines is 1. The highest BCUT2D eigenvalue weighted by Gasteiger charge is 2.17. The maximum absolute atomic E-state index is 11.9. The zero-order valence-corrected chi connectivity index (χ0v) is 13.4. The van der Waals surface area contributed by atoms with Gasteiger partial charge in [0.15, 0.2) is 5.13 Å². The Kier molecular flexibility index (Phi) is 4.81. The molecule has 0 aromatic carbocycles. The van der Waals surface area contributed by atoms with Gasteiger partial charge in [-0.3, -0.25) is 14.9 Å². The molecule has 6 nitrogen and oxygen atoms in total. The fraction of sp³-hybridized carbons (Fsp3) is 0.357. The molecule has 0 radical (unpaired) electrons. The molecule has 2 aromatic heterocycles. The Bertz CT molecular complexity index is 650. The second-order valence-corrected chi connectivity index (χ2v) is 6.89. The van der Waals surface area contributed by atoms with Crippen LogP contribution in [0.15, 0.2) is 22.9 Å². The van der Waals surface area contributed by atoms with Gasteiger partial charge in [-0.25, -0.2) is 4.98 Å². The molecule has 0 bridgehead atoms.